The number of nitrogens with one attached hydrogen (secondary N) is 1. The van der Waals surface area contributed by atoms with Crippen molar-refractivity contribution < 1.29 is 9.13 Å². The van der Waals surface area contributed by atoms with Crippen molar-refractivity contribution in [2.75, 3.05) is 22.8 Å². The lowest BCUT2D eigenvalue weighted by Crippen LogP contribution is -2.29. The third-order valence-corrected chi connectivity index (χ3v) is 5.46. The number of hydrogen-bond acceptors (Lipinski definition) is 7. The van der Waals surface area contributed by atoms with Gasteiger partial charge in [-0.25, -0.2) is 9.37 Å². The van der Waals surface area contributed by atoms with Gasteiger partial charge < -0.3 is 14.4 Å². The molecule has 0 radical (unpaired) electrons. The van der Waals surface area contributed by atoms with Crippen LogP contribution in [0.15, 0.2) is 52.9 Å². The molecule has 0 unspecified atom stereocenters. The maximum Gasteiger partial charge on any atom is 0.192 e. The molecule has 1 aromatic heterocycles. The third kappa shape index (κ3) is 3.31. The van der Waals surface area contributed by atoms with Crippen molar-refractivity contribution in [3.8, 4) is 11.8 Å². The summed E-state index contributed by atoms with van der Waals surface area (Å²) < 4.78 is 22.4. The Balaban J connectivity index is 1.62. The molecule has 1 aliphatic rings. The first-order chi connectivity index (χ1) is 12.7. The molecule has 1 N–H and O–H groups in total. The standard InChI is InChI=1S/C18H13FN4OS2/c19-13-1-3-15(12(9-13)11-20)23-6-7-24-17-10-14(2-4-16(17)23)26-22-18-21-5-8-25-18/h1-5,8-10H,6-7H2,(H,21,22). The summed E-state index contributed by atoms with van der Waals surface area (Å²) in [4.78, 5) is 7.15. The topological polar surface area (TPSA) is 61.2 Å². The van der Waals surface area contributed by atoms with E-state index in [0.717, 1.165) is 21.5 Å². The second-order valence-electron chi connectivity index (χ2n) is 5.44. The fraction of sp³-hybridized carbons (Fsp3) is 0.111. The molecule has 0 aliphatic carbocycles. The van der Waals surface area contributed by atoms with E-state index in [9.17, 15) is 9.65 Å². The maximum absolute atomic E-state index is 13.4. The zero-order valence-corrected chi connectivity index (χ0v) is 15.1. The molecule has 2 heterocycles. The number of thiazole rings is 1. The third-order valence-electron chi connectivity index (χ3n) is 3.85. The molecule has 130 valence electrons. The van der Waals surface area contributed by atoms with Crippen LogP contribution in [0.4, 0.5) is 20.9 Å². The highest BCUT2D eigenvalue weighted by atomic mass is 32.2. The number of halogens is 1. The van der Waals surface area contributed by atoms with E-state index in [2.05, 4.69) is 15.8 Å². The lowest BCUT2D eigenvalue weighted by Gasteiger charge is -2.32. The minimum Gasteiger partial charge on any atom is -0.489 e. The summed E-state index contributed by atoms with van der Waals surface area (Å²) in [5.74, 6) is 0.314. The normalized spacial score (nSPS) is 12.8. The molecule has 2 aromatic carbocycles. The fourth-order valence-electron chi connectivity index (χ4n) is 2.72. The van der Waals surface area contributed by atoms with Gasteiger partial charge in [0.1, 0.15) is 24.2 Å². The van der Waals surface area contributed by atoms with Crippen molar-refractivity contribution >= 4 is 39.8 Å². The second kappa shape index (κ2) is 7.23. The molecule has 3 aromatic rings. The molecule has 0 saturated heterocycles. The van der Waals surface area contributed by atoms with Gasteiger partial charge in [-0.05, 0) is 48.3 Å². The first-order valence-corrected chi connectivity index (χ1v) is 9.50. The van der Waals surface area contributed by atoms with E-state index in [0.29, 0.717) is 24.4 Å². The number of ether oxygens (including phenoxy) is 1. The molecule has 0 spiro atoms. The minimum absolute atomic E-state index is 0.307. The molecule has 0 amide bonds. The molecule has 8 heteroatoms. The van der Waals surface area contributed by atoms with Gasteiger partial charge in [0, 0.05) is 16.5 Å². The number of benzene rings is 2. The molecule has 0 bridgehead atoms. The van der Waals surface area contributed by atoms with Crippen molar-refractivity contribution in [2.45, 2.75) is 4.90 Å². The van der Waals surface area contributed by atoms with Crippen LogP contribution in [0.3, 0.4) is 0 Å². The van der Waals surface area contributed by atoms with Crippen LogP contribution in [0.1, 0.15) is 5.56 Å². The maximum atomic E-state index is 13.4. The van der Waals surface area contributed by atoms with Gasteiger partial charge in [0.05, 0.1) is 23.5 Å². The highest BCUT2D eigenvalue weighted by Gasteiger charge is 2.22. The zero-order chi connectivity index (χ0) is 17.9. The molecular formula is C18H13FN4OS2. The smallest absolute Gasteiger partial charge is 0.192 e. The van der Waals surface area contributed by atoms with E-state index in [1.54, 1.807) is 12.3 Å². The predicted molar refractivity (Wildman–Crippen MR) is 102 cm³/mol. The largest absolute Gasteiger partial charge is 0.489 e. The Morgan fingerprint density at radius 2 is 2.15 bits per heavy atom. The van der Waals surface area contributed by atoms with E-state index >= 15 is 0 Å². The van der Waals surface area contributed by atoms with E-state index < -0.39 is 5.82 Å². The van der Waals surface area contributed by atoms with E-state index in [1.807, 2.05) is 28.5 Å². The molecule has 5 nitrogen and oxygen atoms in total. The van der Waals surface area contributed by atoms with E-state index in [1.165, 1.54) is 35.4 Å². The molecule has 0 saturated carbocycles. The minimum atomic E-state index is -0.418. The SMILES string of the molecule is N#Cc1cc(F)ccc1N1CCOc2cc(SNc3nccs3)ccc21. The van der Waals surface area contributed by atoms with Gasteiger partial charge in [-0.15, -0.1) is 11.3 Å². The Hall–Kier alpha value is -2.76. The zero-order valence-electron chi connectivity index (χ0n) is 13.5. The van der Waals surface area contributed by atoms with Gasteiger partial charge in [0.2, 0.25) is 0 Å². The molecule has 0 atom stereocenters. The lowest BCUT2D eigenvalue weighted by atomic mass is 10.1. The lowest BCUT2D eigenvalue weighted by molar-refractivity contribution is 0.313. The number of anilines is 3. The van der Waals surface area contributed by atoms with Crippen molar-refractivity contribution in [1.82, 2.24) is 4.98 Å². The van der Waals surface area contributed by atoms with Crippen molar-refractivity contribution in [3.05, 3.63) is 59.4 Å². The average Bonchev–Trinajstić information content (AvgIpc) is 3.19. The first kappa shape index (κ1) is 16.7. The summed E-state index contributed by atoms with van der Waals surface area (Å²) in [7, 11) is 0. The van der Waals surface area contributed by atoms with Crippen LogP contribution in [0, 0.1) is 17.1 Å². The quantitative estimate of drug-likeness (QED) is 0.652. The number of fused-ring (bicyclic) bond motifs is 1. The number of hydrogen-bond donors (Lipinski definition) is 1. The summed E-state index contributed by atoms with van der Waals surface area (Å²) in [6.45, 7) is 1.08. The van der Waals surface area contributed by atoms with Crippen LogP contribution in [0.2, 0.25) is 0 Å². The Kier molecular flexibility index (Phi) is 4.65. The molecule has 0 fully saturated rings. The van der Waals surface area contributed by atoms with Gasteiger partial charge in [-0.3, -0.25) is 0 Å². The summed E-state index contributed by atoms with van der Waals surface area (Å²) in [5.41, 5.74) is 1.85. The molecular weight excluding hydrogens is 371 g/mol. The monoisotopic (exact) mass is 384 g/mol. The Labute approximate surface area is 158 Å². The Morgan fingerprint density at radius 3 is 2.96 bits per heavy atom. The molecule has 26 heavy (non-hydrogen) atoms. The molecule has 4 rings (SSSR count). The number of nitriles is 1. The number of aromatic nitrogens is 1. The predicted octanol–water partition coefficient (Wildman–Crippen LogP) is 4.80. The summed E-state index contributed by atoms with van der Waals surface area (Å²) in [6, 6.07) is 12.2. The summed E-state index contributed by atoms with van der Waals surface area (Å²) >= 11 is 2.99. The van der Waals surface area contributed by atoms with Crippen LogP contribution < -0.4 is 14.4 Å². The van der Waals surface area contributed by atoms with Gasteiger partial charge in [0.25, 0.3) is 0 Å². The van der Waals surface area contributed by atoms with Crippen molar-refractivity contribution in [3.63, 3.8) is 0 Å². The highest BCUT2D eigenvalue weighted by Crippen LogP contribution is 2.40. The van der Waals surface area contributed by atoms with Gasteiger partial charge in [0.15, 0.2) is 5.13 Å². The highest BCUT2D eigenvalue weighted by molar-refractivity contribution is 8.00. The van der Waals surface area contributed by atoms with Crippen LogP contribution in [0.5, 0.6) is 5.75 Å². The van der Waals surface area contributed by atoms with Crippen LogP contribution in [-0.4, -0.2) is 18.1 Å². The van der Waals surface area contributed by atoms with Crippen LogP contribution in [-0.2, 0) is 0 Å². The van der Waals surface area contributed by atoms with Crippen molar-refractivity contribution in [2.24, 2.45) is 0 Å². The summed E-state index contributed by atoms with van der Waals surface area (Å²) in [5, 5.41) is 12.1. The first-order valence-electron chi connectivity index (χ1n) is 7.81. The number of nitrogens with zero attached hydrogens (tertiary/aromatic N) is 3. The van der Waals surface area contributed by atoms with Gasteiger partial charge in [-0.2, -0.15) is 5.26 Å². The Bertz CT molecular complexity index is 972. The van der Waals surface area contributed by atoms with Gasteiger partial charge >= 0.3 is 0 Å². The number of rotatable bonds is 4. The second-order valence-corrected chi connectivity index (χ2v) is 7.22. The van der Waals surface area contributed by atoms with E-state index in [4.69, 9.17) is 4.74 Å². The van der Waals surface area contributed by atoms with Gasteiger partial charge in [-0.1, -0.05) is 0 Å². The van der Waals surface area contributed by atoms with Crippen LogP contribution in [0.25, 0.3) is 0 Å². The van der Waals surface area contributed by atoms with Crippen LogP contribution >= 0.6 is 23.3 Å². The summed E-state index contributed by atoms with van der Waals surface area (Å²) in [6.07, 6.45) is 1.75. The fourth-order valence-corrected chi connectivity index (χ4v) is 3.97. The van der Waals surface area contributed by atoms with Crippen molar-refractivity contribution in [1.29, 1.82) is 5.26 Å². The average molecular weight is 384 g/mol. The Morgan fingerprint density at radius 1 is 1.27 bits per heavy atom. The van der Waals surface area contributed by atoms with E-state index in [-0.39, 0.29) is 0 Å². The molecule has 1 aliphatic heterocycles.